The molecule has 15 heavy (non-hydrogen) atoms. The van der Waals surface area contributed by atoms with Gasteiger partial charge in [0.2, 0.25) is 5.91 Å². The minimum atomic E-state index is -0.348. The van der Waals surface area contributed by atoms with Crippen LogP contribution in [-0.4, -0.2) is 17.6 Å². The molecule has 1 fully saturated rings. The summed E-state index contributed by atoms with van der Waals surface area (Å²) in [4.78, 5) is 11.1. The summed E-state index contributed by atoms with van der Waals surface area (Å²) in [6, 6.07) is 7.34. The quantitative estimate of drug-likeness (QED) is 0.811. The normalized spacial score (nSPS) is 28.8. The van der Waals surface area contributed by atoms with Crippen molar-refractivity contribution in [3.8, 4) is 0 Å². The van der Waals surface area contributed by atoms with Gasteiger partial charge in [-0.1, -0.05) is 23.7 Å². The average Bonchev–Trinajstić information content (AvgIpc) is 2.91. The number of hydrogen-bond donors (Lipinski definition) is 2. The Kier molecular flexibility index (Phi) is 2.67. The third-order valence-corrected chi connectivity index (χ3v) is 3.18. The van der Waals surface area contributed by atoms with Crippen LogP contribution in [0.25, 0.3) is 0 Å². The zero-order chi connectivity index (χ0) is 11.0. The lowest BCUT2D eigenvalue weighted by molar-refractivity contribution is -0.119. The van der Waals surface area contributed by atoms with E-state index < -0.39 is 0 Å². The first-order chi connectivity index (χ1) is 7.15. The number of amides is 1. The van der Waals surface area contributed by atoms with Crippen molar-refractivity contribution in [3.05, 3.63) is 34.9 Å². The molecular formula is C11H12ClNO2. The molecule has 0 bridgehead atoms. The number of hydrogen-bond acceptors (Lipinski definition) is 2. The van der Waals surface area contributed by atoms with Gasteiger partial charge in [0.25, 0.3) is 0 Å². The molecule has 1 aliphatic carbocycles. The Balaban J connectivity index is 2.22. The van der Waals surface area contributed by atoms with Gasteiger partial charge in [-0.25, -0.2) is 0 Å². The van der Waals surface area contributed by atoms with Crippen LogP contribution in [0.5, 0.6) is 0 Å². The fourth-order valence-electron chi connectivity index (χ4n) is 2.16. The smallest absolute Gasteiger partial charge is 0.221 e. The summed E-state index contributed by atoms with van der Waals surface area (Å²) in [7, 11) is 0. The molecule has 0 unspecified atom stereocenters. The van der Waals surface area contributed by atoms with Crippen LogP contribution in [0.4, 0.5) is 0 Å². The maximum atomic E-state index is 11.1. The second-order valence-corrected chi connectivity index (χ2v) is 4.29. The van der Waals surface area contributed by atoms with Crippen LogP contribution in [0.1, 0.15) is 11.5 Å². The first kappa shape index (κ1) is 10.5. The molecule has 3 nitrogen and oxygen atoms in total. The van der Waals surface area contributed by atoms with Gasteiger partial charge < -0.3 is 10.8 Å². The second-order valence-electron chi connectivity index (χ2n) is 3.86. The summed E-state index contributed by atoms with van der Waals surface area (Å²) >= 11 is 5.86. The molecule has 80 valence electrons. The van der Waals surface area contributed by atoms with Crippen molar-refractivity contribution in [2.75, 3.05) is 6.61 Å². The highest BCUT2D eigenvalue weighted by Crippen LogP contribution is 2.53. The maximum Gasteiger partial charge on any atom is 0.221 e. The van der Waals surface area contributed by atoms with Crippen LogP contribution >= 0.6 is 11.6 Å². The van der Waals surface area contributed by atoms with Crippen LogP contribution in [0, 0.1) is 11.8 Å². The maximum absolute atomic E-state index is 11.1. The summed E-state index contributed by atoms with van der Waals surface area (Å²) in [5, 5.41) is 9.72. The first-order valence-electron chi connectivity index (χ1n) is 4.80. The molecule has 0 aromatic heterocycles. The van der Waals surface area contributed by atoms with Gasteiger partial charge >= 0.3 is 0 Å². The van der Waals surface area contributed by atoms with Gasteiger partial charge in [-0.2, -0.15) is 0 Å². The van der Waals surface area contributed by atoms with Crippen LogP contribution in [-0.2, 0) is 4.79 Å². The van der Waals surface area contributed by atoms with Gasteiger partial charge in [0.15, 0.2) is 0 Å². The zero-order valence-corrected chi connectivity index (χ0v) is 8.82. The molecule has 0 saturated heterocycles. The summed E-state index contributed by atoms with van der Waals surface area (Å²) in [5.41, 5.74) is 6.22. The van der Waals surface area contributed by atoms with Crippen molar-refractivity contribution in [1.29, 1.82) is 0 Å². The van der Waals surface area contributed by atoms with E-state index in [4.69, 9.17) is 22.4 Å². The third kappa shape index (κ3) is 1.85. The minimum absolute atomic E-state index is 0.00914. The predicted octanol–water partition coefficient (Wildman–Crippen LogP) is 1.15. The Labute approximate surface area is 92.8 Å². The Morgan fingerprint density at radius 3 is 2.73 bits per heavy atom. The van der Waals surface area contributed by atoms with Crippen molar-refractivity contribution in [2.24, 2.45) is 17.6 Å². The van der Waals surface area contributed by atoms with E-state index in [1.165, 1.54) is 0 Å². The fraction of sp³-hybridized carbons (Fsp3) is 0.364. The van der Waals surface area contributed by atoms with E-state index in [0.717, 1.165) is 5.56 Å². The van der Waals surface area contributed by atoms with Crippen molar-refractivity contribution in [3.63, 3.8) is 0 Å². The molecule has 3 N–H and O–H groups in total. The van der Waals surface area contributed by atoms with Crippen molar-refractivity contribution >= 4 is 17.5 Å². The highest BCUT2D eigenvalue weighted by Gasteiger charge is 2.54. The molecule has 2 rings (SSSR count). The van der Waals surface area contributed by atoms with Crippen molar-refractivity contribution < 1.29 is 9.90 Å². The standard InChI is InChI=1S/C11H12ClNO2/c12-7-3-1-2-6(4-7)9-8(5-14)10(9)11(13)15/h1-4,8-10,14H,5H2,(H2,13,15)/t8-,9+,10+/m1/s1. The van der Waals surface area contributed by atoms with Crippen LogP contribution in [0.15, 0.2) is 24.3 Å². The van der Waals surface area contributed by atoms with E-state index in [9.17, 15) is 4.79 Å². The van der Waals surface area contributed by atoms with Gasteiger partial charge in [-0.05, 0) is 17.7 Å². The minimum Gasteiger partial charge on any atom is -0.396 e. The van der Waals surface area contributed by atoms with Gasteiger partial charge in [0.1, 0.15) is 0 Å². The molecule has 1 amide bonds. The molecule has 1 aliphatic rings. The number of aliphatic hydroxyl groups excluding tert-OH is 1. The average molecular weight is 226 g/mol. The molecule has 4 heteroatoms. The first-order valence-corrected chi connectivity index (χ1v) is 5.18. The largest absolute Gasteiger partial charge is 0.396 e. The number of rotatable bonds is 3. The van der Waals surface area contributed by atoms with Crippen molar-refractivity contribution in [2.45, 2.75) is 5.92 Å². The number of nitrogens with two attached hydrogens (primary N) is 1. The predicted molar refractivity (Wildman–Crippen MR) is 57.5 cm³/mol. The molecule has 0 radical (unpaired) electrons. The molecule has 3 atom stereocenters. The number of carbonyl (C=O) groups is 1. The van der Waals surface area contributed by atoms with Gasteiger partial charge in [0.05, 0.1) is 5.92 Å². The Hall–Kier alpha value is -1.06. The molecular weight excluding hydrogens is 214 g/mol. The van der Waals surface area contributed by atoms with Crippen LogP contribution < -0.4 is 5.73 Å². The van der Waals surface area contributed by atoms with E-state index in [2.05, 4.69) is 0 Å². The van der Waals surface area contributed by atoms with Crippen molar-refractivity contribution in [1.82, 2.24) is 0 Å². The topological polar surface area (TPSA) is 63.3 Å². The van der Waals surface area contributed by atoms with Gasteiger partial charge in [-0.3, -0.25) is 4.79 Å². The number of carbonyl (C=O) groups excluding carboxylic acids is 1. The molecule has 0 heterocycles. The van der Waals surface area contributed by atoms with Gasteiger partial charge in [-0.15, -0.1) is 0 Å². The Morgan fingerprint density at radius 2 is 2.27 bits per heavy atom. The van der Waals surface area contributed by atoms with E-state index in [-0.39, 0.29) is 30.3 Å². The summed E-state index contributed by atoms with van der Waals surface area (Å²) in [6.45, 7) is -0.00914. The summed E-state index contributed by atoms with van der Waals surface area (Å²) in [6.07, 6.45) is 0. The van der Waals surface area contributed by atoms with Gasteiger partial charge in [0, 0.05) is 23.5 Å². The number of halogens is 1. The molecule has 1 aromatic carbocycles. The van der Waals surface area contributed by atoms with E-state index in [0.29, 0.717) is 5.02 Å². The SMILES string of the molecule is NC(=O)[C@H]1[C@H](CO)[C@@H]1c1cccc(Cl)c1. The third-order valence-electron chi connectivity index (χ3n) is 2.94. The van der Waals surface area contributed by atoms with E-state index in [1.54, 1.807) is 6.07 Å². The Morgan fingerprint density at radius 1 is 1.53 bits per heavy atom. The Bertz CT molecular complexity index is 394. The lowest BCUT2D eigenvalue weighted by atomic mass is 10.1. The lowest BCUT2D eigenvalue weighted by Gasteiger charge is -1.99. The monoisotopic (exact) mass is 225 g/mol. The molecule has 0 aliphatic heterocycles. The van der Waals surface area contributed by atoms with E-state index in [1.807, 2.05) is 18.2 Å². The number of primary amides is 1. The zero-order valence-electron chi connectivity index (χ0n) is 8.06. The number of aliphatic hydroxyl groups is 1. The lowest BCUT2D eigenvalue weighted by Crippen LogP contribution is -2.15. The molecule has 0 spiro atoms. The second kappa shape index (κ2) is 3.83. The van der Waals surface area contributed by atoms with Crippen LogP contribution in [0.3, 0.4) is 0 Å². The summed E-state index contributed by atoms with van der Waals surface area (Å²) < 4.78 is 0. The molecule has 1 aromatic rings. The fourth-order valence-corrected chi connectivity index (χ4v) is 2.36. The molecule has 1 saturated carbocycles. The van der Waals surface area contributed by atoms with Crippen LogP contribution in [0.2, 0.25) is 5.02 Å². The van der Waals surface area contributed by atoms with E-state index >= 15 is 0 Å². The summed E-state index contributed by atoms with van der Waals surface area (Å²) in [5.74, 6) is -0.598. The highest BCUT2D eigenvalue weighted by atomic mass is 35.5. The highest BCUT2D eigenvalue weighted by molar-refractivity contribution is 6.30. The number of benzene rings is 1.